The van der Waals surface area contributed by atoms with Crippen LogP contribution in [0.25, 0.3) is 0 Å². The van der Waals surface area contributed by atoms with Crippen LogP contribution in [0.15, 0.2) is 0 Å². The Morgan fingerprint density at radius 2 is 0.857 bits per heavy atom. The molecule has 0 saturated heterocycles. The molecule has 0 radical (unpaired) electrons. The van der Waals surface area contributed by atoms with Crippen LogP contribution in [0.4, 0.5) is 0 Å². The van der Waals surface area contributed by atoms with Gasteiger partial charge in [0.2, 0.25) is 0 Å². The summed E-state index contributed by atoms with van der Waals surface area (Å²) in [5.41, 5.74) is 0. The molecule has 7 heteroatoms. The molecule has 0 aromatic carbocycles. The summed E-state index contributed by atoms with van der Waals surface area (Å²) >= 11 is 0. The summed E-state index contributed by atoms with van der Waals surface area (Å²) in [6.07, 6.45) is 0. The Hall–Kier alpha value is 1.44. The maximum absolute atomic E-state index is 8.42. The van der Waals surface area contributed by atoms with Crippen molar-refractivity contribution in [2.75, 3.05) is 0 Å². The zero-order valence-electron chi connectivity index (χ0n) is 3.66. The largest absolute Gasteiger partial charge is 2.00 e. The maximum atomic E-state index is 8.42. The van der Waals surface area contributed by atoms with E-state index in [9.17, 15) is 0 Å². The van der Waals surface area contributed by atoms with E-state index in [2.05, 4.69) is 0 Å². The van der Waals surface area contributed by atoms with E-state index in [-0.39, 0.29) is 51.6 Å². The van der Waals surface area contributed by atoms with Crippen LogP contribution in [0.2, 0.25) is 0 Å². The van der Waals surface area contributed by atoms with E-state index < -0.39 is 7.32 Å². The molecule has 1 N–H and O–H groups in total. The molecule has 0 unspecified atom stereocenters. The zero-order chi connectivity index (χ0) is 3.58. The Morgan fingerprint density at radius 1 is 0.857 bits per heavy atom. The van der Waals surface area contributed by atoms with E-state index >= 15 is 0 Å². The van der Waals surface area contributed by atoms with Gasteiger partial charge in [0.05, 0.1) is 0 Å². The van der Waals surface area contributed by atoms with Crippen LogP contribution >= 0.6 is 0 Å². The standard InChI is InChI=1S/BO3.2Mg.H2O/c2-1(3)4;;;/h;;;1H2/q-3;2*+2;/p-1. The van der Waals surface area contributed by atoms with Gasteiger partial charge in [-0.3, -0.25) is 7.32 Å². The predicted molar refractivity (Wildman–Crippen MR) is 19.2 cm³/mol. The summed E-state index contributed by atoms with van der Waals surface area (Å²) in [6.45, 7) is 0. The second-order valence-corrected chi connectivity index (χ2v) is 0.289. The molecule has 0 aliphatic carbocycles. The summed E-state index contributed by atoms with van der Waals surface area (Å²) in [5, 5.41) is 25.2. The molecule has 0 atom stereocenters. The molecular weight excluding hydrogens is 123 g/mol. The summed E-state index contributed by atoms with van der Waals surface area (Å²) in [4.78, 5) is 0. The first kappa shape index (κ1) is 23.7. The van der Waals surface area contributed by atoms with Gasteiger partial charge in [-0.2, -0.15) is 0 Å². The average molecular weight is 124 g/mol. The van der Waals surface area contributed by atoms with Crippen LogP contribution in [0.1, 0.15) is 0 Å². The quantitative estimate of drug-likeness (QED) is 0.302. The van der Waals surface area contributed by atoms with E-state index in [1.54, 1.807) is 0 Å². The van der Waals surface area contributed by atoms with Gasteiger partial charge in [0.25, 0.3) is 0 Å². The van der Waals surface area contributed by atoms with E-state index in [4.69, 9.17) is 15.1 Å². The first-order chi connectivity index (χ1) is 1.73. The normalized spacial score (nSPS) is 3.86. The Labute approximate surface area is 73.7 Å². The number of hydrogen-bond donors (Lipinski definition) is 0. The Balaban J connectivity index is -0.0000000150. The monoisotopic (exact) mass is 124 g/mol. The van der Waals surface area contributed by atoms with Gasteiger partial charge in [0.15, 0.2) is 0 Å². The Kier molecular flexibility index (Phi) is 53.0. The Morgan fingerprint density at radius 3 is 0.857 bits per heavy atom. The van der Waals surface area contributed by atoms with Gasteiger partial charge < -0.3 is 20.5 Å². The molecule has 32 valence electrons. The van der Waals surface area contributed by atoms with Crippen LogP contribution in [0, 0.1) is 0 Å². The van der Waals surface area contributed by atoms with E-state index in [0.717, 1.165) is 0 Å². The predicted octanol–water partition coefficient (Wildman–Crippen LogP) is -4.89. The van der Waals surface area contributed by atoms with Crippen molar-refractivity contribution in [1.82, 2.24) is 0 Å². The van der Waals surface area contributed by atoms with Gasteiger partial charge in [-0.25, -0.2) is 0 Å². The minimum absolute atomic E-state index is 0. The van der Waals surface area contributed by atoms with Gasteiger partial charge >= 0.3 is 46.1 Å². The maximum Gasteiger partial charge on any atom is 2.00 e. The fourth-order valence-corrected chi connectivity index (χ4v) is 0. The van der Waals surface area contributed by atoms with Crippen LogP contribution in [0.5, 0.6) is 0 Å². The van der Waals surface area contributed by atoms with Crippen LogP contribution in [-0.2, 0) is 0 Å². The molecule has 0 aromatic heterocycles. The number of rotatable bonds is 0. The van der Waals surface area contributed by atoms with E-state index in [0.29, 0.717) is 0 Å². The second-order valence-electron chi connectivity index (χ2n) is 0.289. The molecule has 0 bridgehead atoms. The second kappa shape index (κ2) is 15.7. The molecule has 0 saturated carbocycles. The molecule has 0 amide bonds. The zero-order valence-corrected chi connectivity index (χ0v) is 6.49. The third-order valence-electron chi connectivity index (χ3n) is 0. The van der Waals surface area contributed by atoms with Crippen molar-refractivity contribution in [2.24, 2.45) is 0 Å². The van der Waals surface area contributed by atoms with Gasteiger partial charge in [0, 0.05) is 0 Å². The summed E-state index contributed by atoms with van der Waals surface area (Å²) in [6, 6.07) is 0. The van der Waals surface area contributed by atoms with Crippen molar-refractivity contribution < 1.29 is 20.5 Å². The minimum atomic E-state index is -2.92. The van der Waals surface area contributed by atoms with Crippen LogP contribution in [0.3, 0.4) is 0 Å². The van der Waals surface area contributed by atoms with Gasteiger partial charge in [0.1, 0.15) is 0 Å². The average Bonchev–Trinajstić information content (AvgIpc) is 0.811. The molecule has 0 heterocycles. The Bertz CT molecular complexity index is 14.4. The van der Waals surface area contributed by atoms with Crippen molar-refractivity contribution >= 4 is 53.4 Å². The van der Waals surface area contributed by atoms with Gasteiger partial charge in [-0.15, -0.1) is 0 Å². The SMILES string of the molecule is [Mg+2].[Mg+2].[O-]B([O-])[O-].[OH-]. The molecule has 0 aliphatic rings. The topological polar surface area (TPSA) is 99.2 Å². The molecule has 0 aromatic rings. The fraction of sp³-hybridized carbons (Fsp3) is 0. The van der Waals surface area contributed by atoms with Crippen molar-refractivity contribution in [3.63, 3.8) is 0 Å². The molecule has 0 aliphatic heterocycles. The first-order valence-electron chi connectivity index (χ1n) is 0.707. The van der Waals surface area contributed by atoms with Crippen molar-refractivity contribution in [3.05, 3.63) is 0 Å². The van der Waals surface area contributed by atoms with Crippen LogP contribution < -0.4 is 15.1 Å². The fourth-order valence-electron chi connectivity index (χ4n) is 0. The van der Waals surface area contributed by atoms with Crippen molar-refractivity contribution in [1.29, 1.82) is 0 Å². The molecule has 7 heavy (non-hydrogen) atoms. The van der Waals surface area contributed by atoms with Crippen LogP contribution in [-0.4, -0.2) is 58.9 Å². The van der Waals surface area contributed by atoms with Gasteiger partial charge in [-0.05, 0) is 0 Å². The molecule has 0 spiro atoms. The molecule has 0 fully saturated rings. The molecular formula is HBMg2O4. The van der Waals surface area contributed by atoms with Gasteiger partial charge in [-0.1, -0.05) is 0 Å². The molecule has 0 rings (SSSR count). The smallest absolute Gasteiger partial charge is 0.907 e. The summed E-state index contributed by atoms with van der Waals surface area (Å²) in [5.74, 6) is 0. The van der Waals surface area contributed by atoms with E-state index in [1.165, 1.54) is 0 Å². The molecule has 4 nitrogen and oxygen atoms in total. The summed E-state index contributed by atoms with van der Waals surface area (Å²) < 4.78 is 0. The summed E-state index contributed by atoms with van der Waals surface area (Å²) in [7, 11) is -2.92. The van der Waals surface area contributed by atoms with Crippen molar-refractivity contribution in [2.45, 2.75) is 0 Å². The minimum Gasteiger partial charge on any atom is -0.907 e. The van der Waals surface area contributed by atoms with Crippen molar-refractivity contribution in [3.8, 4) is 0 Å². The third-order valence-corrected chi connectivity index (χ3v) is 0. The number of hydrogen-bond acceptors (Lipinski definition) is 4. The van der Waals surface area contributed by atoms with E-state index in [1.807, 2.05) is 0 Å². The third kappa shape index (κ3) is 106. The first-order valence-corrected chi connectivity index (χ1v) is 0.707.